The SMILES string of the molecule is COc1ccc(/C=C2\N=C(SCC(=O)Nc3cc(C)no3)N(c3cc(C)cc(C)c3)C2=O)cc1. The predicted octanol–water partition coefficient (Wildman–Crippen LogP) is 4.72. The van der Waals surface area contributed by atoms with E-state index in [0.29, 0.717) is 16.5 Å². The summed E-state index contributed by atoms with van der Waals surface area (Å²) in [6.45, 7) is 5.72. The number of hydrogen-bond donors (Lipinski definition) is 1. The molecule has 0 unspecified atom stereocenters. The fourth-order valence-electron chi connectivity index (χ4n) is 3.48. The molecule has 34 heavy (non-hydrogen) atoms. The minimum absolute atomic E-state index is 0.0446. The van der Waals surface area contributed by atoms with Crippen LogP contribution in [0.3, 0.4) is 0 Å². The quantitative estimate of drug-likeness (QED) is 0.517. The predicted molar refractivity (Wildman–Crippen MR) is 134 cm³/mol. The first-order valence-corrected chi connectivity index (χ1v) is 11.5. The molecule has 2 amide bonds. The Labute approximate surface area is 201 Å². The van der Waals surface area contributed by atoms with Crippen molar-refractivity contribution >= 4 is 46.4 Å². The van der Waals surface area contributed by atoms with Crippen LogP contribution in [0.2, 0.25) is 0 Å². The van der Waals surface area contributed by atoms with E-state index in [2.05, 4.69) is 15.5 Å². The van der Waals surface area contributed by atoms with Crippen molar-refractivity contribution in [3.8, 4) is 5.75 Å². The topological polar surface area (TPSA) is 97.0 Å². The molecule has 174 valence electrons. The highest BCUT2D eigenvalue weighted by molar-refractivity contribution is 8.14. The number of rotatable bonds is 6. The summed E-state index contributed by atoms with van der Waals surface area (Å²) in [6.07, 6.45) is 1.72. The minimum Gasteiger partial charge on any atom is -0.497 e. The van der Waals surface area contributed by atoms with E-state index in [-0.39, 0.29) is 29.1 Å². The van der Waals surface area contributed by atoms with Crippen LogP contribution in [-0.4, -0.2) is 35.0 Å². The maximum Gasteiger partial charge on any atom is 0.283 e. The van der Waals surface area contributed by atoms with Gasteiger partial charge in [0, 0.05) is 6.07 Å². The van der Waals surface area contributed by atoms with Gasteiger partial charge in [0.25, 0.3) is 5.91 Å². The number of carbonyl (C=O) groups is 2. The highest BCUT2D eigenvalue weighted by Crippen LogP contribution is 2.31. The van der Waals surface area contributed by atoms with Crippen LogP contribution in [0, 0.1) is 20.8 Å². The number of benzene rings is 2. The zero-order valence-corrected chi connectivity index (χ0v) is 20.1. The van der Waals surface area contributed by atoms with Crippen LogP contribution in [0.5, 0.6) is 5.75 Å². The molecular formula is C25H24N4O4S. The van der Waals surface area contributed by atoms with Crippen molar-refractivity contribution in [2.45, 2.75) is 20.8 Å². The maximum atomic E-state index is 13.4. The van der Waals surface area contributed by atoms with Crippen molar-refractivity contribution in [3.63, 3.8) is 0 Å². The summed E-state index contributed by atoms with van der Waals surface area (Å²) >= 11 is 1.18. The molecular weight excluding hydrogens is 452 g/mol. The summed E-state index contributed by atoms with van der Waals surface area (Å²) in [4.78, 5) is 32.0. The number of carbonyl (C=O) groups excluding carboxylic acids is 2. The largest absolute Gasteiger partial charge is 0.497 e. The number of ether oxygens (including phenoxy) is 1. The van der Waals surface area contributed by atoms with E-state index >= 15 is 0 Å². The molecule has 0 fully saturated rings. The number of hydrogen-bond acceptors (Lipinski definition) is 7. The van der Waals surface area contributed by atoms with Gasteiger partial charge in [-0.05, 0) is 67.8 Å². The summed E-state index contributed by atoms with van der Waals surface area (Å²) in [5, 5.41) is 6.85. The highest BCUT2D eigenvalue weighted by Gasteiger charge is 2.32. The number of nitrogens with one attached hydrogen (secondary N) is 1. The summed E-state index contributed by atoms with van der Waals surface area (Å²) in [6, 6.07) is 14.9. The lowest BCUT2D eigenvalue weighted by Gasteiger charge is -2.19. The number of amidine groups is 1. The Hall–Kier alpha value is -3.85. The number of aliphatic imine (C=N–C) groups is 1. The number of aromatic nitrogens is 1. The number of nitrogens with zero attached hydrogens (tertiary/aromatic N) is 3. The van der Waals surface area contributed by atoms with Crippen molar-refractivity contribution in [3.05, 3.63) is 76.6 Å². The number of amides is 2. The lowest BCUT2D eigenvalue weighted by atomic mass is 10.1. The summed E-state index contributed by atoms with van der Waals surface area (Å²) in [7, 11) is 1.60. The first-order chi connectivity index (χ1) is 16.3. The second-order valence-electron chi connectivity index (χ2n) is 7.85. The van der Waals surface area contributed by atoms with Gasteiger partial charge in [-0.2, -0.15) is 0 Å². The molecule has 2 aromatic carbocycles. The first-order valence-electron chi connectivity index (χ1n) is 10.6. The molecule has 3 aromatic rings. The molecule has 2 heterocycles. The Balaban J connectivity index is 1.60. The van der Waals surface area contributed by atoms with Gasteiger partial charge < -0.3 is 9.26 Å². The molecule has 1 N–H and O–H groups in total. The first kappa shape index (κ1) is 23.3. The second-order valence-corrected chi connectivity index (χ2v) is 8.80. The molecule has 1 aromatic heterocycles. The van der Waals surface area contributed by atoms with Gasteiger partial charge in [-0.1, -0.05) is 35.1 Å². The zero-order valence-electron chi connectivity index (χ0n) is 19.3. The lowest BCUT2D eigenvalue weighted by Crippen LogP contribution is -2.31. The Kier molecular flexibility index (Phi) is 6.83. The van der Waals surface area contributed by atoms with Crippen LogP contribution in [0.15, 0.2) is 63.7 Å². The lowest BCUT2D eigenvalue weighted by molar-refractivity contribution is -0.114. The van der Waals surface area contributed by atoms with Crippen molar-refractivity contribution in [2.75, 3.05) is 23.1 Å². The fraction of sp³-hybridized carbons (Fsp3) is 0.200. The smallest absolute Gasteiger partial charge is 0.283 e. The van der Waals surface area contributed by atoms with E-state index in [9.17, 15) is 9.59 Å². The van der Waals surface area contributed by atoms with Gasteiger partial charge in [-0.3, -0.25) is 19.8 Å². The molecule has 0 bridgehead atoms. The van der Waals surface area contributed by atoms with Crippen molar-refractivity contribution < 1.29 is 18.8 Å². The third-order valence-electron chi connectivity index (χ3n) is 4.94. The molecule has 8 nitrogen and oxygen atoms in total. The van der Waals surface area contributed by atoms with Gasteiger partial charge in [-0.25, -0.2) is 4.99 Å². The monoisotopic (exact) mass is 476 g/mol. The van der Waals surface area contributed by atoms with Gasteiger partial charge in [0.15, 0.2) is 5.17 Å². The number of thioether (sulfide) groups is 1. The second kappa shape index (κ2) is 9.96. The van der Waals surface area contributed by atoms with Crippen LogP contribution in [0.1, 0.15) is 22.4 Å². The Morgan fingerprint density at radius 3 is 2.44 bits per heavy atom. The molecule has 1 aliphatic rings. The molecule has 0 saturated heterocycles. The van der Waals surface area contributed by atoms with Crippen LogP contribution >= 0.6 is 11.8 Å². The normalized spacial score (nSPS) is 14.5. The Bertz CT molecular complexity index is 1270. The van der Waals surface area contributed by atoms with Gasteiger partial charge in [-0.15, -0.1) is 0 Å². The molecule has 4 rings (SSSR count). The third kappa shape index (κ3) is 5.37. The Morgan fingerprint density at radius 2 is 1.82 bits per heavy atom. The molecule has 1 aliphatic heterocycles. The average Bonchev–Trinajstić information content (AvgIpc) is 3.34. The molecule has 0 spiro atoms. The van der Waals surface area contributed by atoms with Crippen molar-refractivity contribution in [1.29, 1.82) is 0 Å². The van der Waals surface area contributed by atoms with Gasteiger partial charge in [0.1, 0.15) is 11.4 Å². The summed E-state index contributed by atoms with van der Waals surface area (Å²) < 4.78 is 10.2. The zero-order chi connectivity index (χ0) is 24.2. The van der Waals surface area contributed by atoms with E-state index in [0.717, 1.165) is 22.4 Å². The maximum absolute atomic E-state index is 13.4. The van der Waals surface area contributed by atoms with Crippen molar-refractivity contribution in [1.82, 2.24) is 5.16 Å². The molecule has 0 radical (unpaired) electrons. The van der Waals surface area contributed by atoms with Gasteiger partial charge in [0.2, 0.25) is 11.8 Å². The number of aryl methyl sites for hydroxylation is 3. The van der Waals surface area contributed by atoms with E-state index in [1.807, 2.05) is 56.3 Å². The number of methoxy groups -OCH3 is 1. The van der Waals surface area contributed by atoms with E-state index in [1.54, 1.807) is 31.1 Å². The highest BCUT2D eigenvalue weighted by atomic mass is 32.2. The fourth-order valence-corrected chi connectivity index (χ4v) is 4.30. The van der Waals surface area contributed by atoms with Gasteiger partial charge >= 0.3 is 0 Å². The van der Waals surface area contributed by atoms with Crippen LogP contribution in [0.25, 0.3) is 6.08 Å². The molecule has 0 atom stereocenters. The van der Waals surface area contributed by atoms with E-state index in [1.165, 1.54) is 11.8 Å². The van der Waals surface area contributed by atoms with E-state index in [4.69, 9.17) is 9.26 Å². The van der Waals surface area contributed by atoms with E-state index < -0.39 is 0 Å². The van der Waals surface area contributed by atoms with Crippen LogP contribution < -0.4 is 15.0 Å². The van der Waals surface area contributed by atoms with Gasteiger partial charge in [0.05, 0.1) is 24.2 Å². The van der Waals surface area contributed by atoms with Crippen molar-refractivity contribution in [2.24, 2.45) is 4.99 Å². The molecule has 0 saturated carbocycles. The minimum atomic E-state index is -0.288. The average molecular weight is 477 g/mol. The summed E-state index contributed by atoms with van der Waals surface area (Å²) in [5.41, 5.74) is 4.54. The molecule has 9 heteroatoms. The summed E-state index contributed by atoms with van der Waals surface area (Å²) in [5.74, 6) is 0.505. The standard InChI is InChI=1S/C25H24N4O4S/c1-15-9-16(2)11-19(10-15)29-24(31)21(13-18-5-7-20(32-4)8-6-18)26-25(29)34-14-22(30)27-23-12-17(3)28-33-23/h5-13H,14H2,1-4H3,(H,27,30)/b21-13-. The van der Waals surface area contributed by atoms with Crippen LogP contribution in [-0.2, 0) is 9.59 Å². The molecule has 0 aliphatic carbocycles. The third-order valence-corrected chi connectivity index (χ3v) is 5.87. The van der Waals surface area contributed by atoms with Crippen LogP contribution in [0.4, 0.5) is 11.6 Å². The Morgan fingerprint density at radius 1 is 1.12 bits per heavy atom. The number of anilines is 2.